The van der Waals surface area contributed by atoms with Gasteiger partial charge in [-0.3, -0.25) is 4.79 Å². The molecule has 4 N–H and O–H groups in total. The number of aliphatic hydroxyl groups is 1. The molecular formula is C14H21N3O4S. The molecule has 2 atom stereocenters. The summed E-state index contributed by atoms with van der Waals surface area (Å²) in [5, 5.41) is 15.5. The summed E-state index contributed by atoms with van der Waals surface area (Å²) in [4.78, 5) is 12.1. The van der Waals surface area contributed by atoms with Crippen molar-refractivity contribution in [2.45, 2.75) is 17.9 Å². The molecule has 0 aliphatic carbocycles. The lowest BCUT2D eigenvalue weighted by Gasteiger charge is -2.14. The maximum Gasteiger partial charge on any atom is 0.251 e. The van der Waals surface area contributed by atoms with Crippen molar-refractivity contribution >= 4 is 15.9 Å². The molecule has 1 heterocycles. The molecule has 0 aromatic heterocycles. The number of aliphatic hydroxyl groups excluding tert-OH is 1. The Balaban J connectivity index is 1.96. The zero-order valence-corrected chi connectivity index (χ0v) is 13.2. The molecule has 0 saturated carbocycles. The van der Waals surface area contributed by atoms with Crippen LogP contribution in [0.1, 0.15) is 17.3 Å². The van der Waals surface area contributed by atoms with Crippen LogP contribution in [0.25, 0.3) is 0 Å². The summed E-state index contributed by atoms with van der Waals surface area (Å²) in [5.74, 6) is -0.288. The van der Waals surface area contributed by atoms with Crippen molar-refractivity contribution in [1.82, 2.24) is 15.4 Å². The molecule has 2 rings (SSSR count). The SMILES string of the molecule is CCNS(=O)(=O)c1ccc(C(=O)NCC2CNCC2O)cc1. The van der Waals surface area contributed by atoms with E-state index in [2.05, 4.69) is 15.4 Å². The molecule has 1 aromatic carbocycles. The molecule has 22 heavy (non-hydrogen) atoms. The number of sulfonamides is 1. The van der Waals surface area contributed by atoms with Gasteiger partial charge in [0.15, 0.2) is 0 Å². The number of hydrogen-bond donors (Lipinski definition) is 4. The average Bonchev–Trinajstić information content (AvgIpc) is 2.90. The van der Waals surface area contributed by atoms with Crippen LogP contribution in [-0.4, -0.2) is 51.7 Å². The minimum Gasteiger partial charge on any atom is -0.391 e. The van der Waals surface area contributed by atoms with Crippen LogP contribution in [0.4, 0.5) is 0 Å². The molecule has 1 aromatic rings. The third-order valence-corrected chi connectivity index (χ3v) is 5.15. The number of carbonyl (C=O) groups is 1. The molecule has 1 aliphatic heterocycles. The third kappa shape index (κ3) is 4.04. The number of hydrogen-bond acceptors (Lipinski definition) is 5. The van der Waals surface area contributed by atoms with Gasteiger partial charge in [-0.25, -0.2) is 13.1 Å². The first kappa shape index (κ1) is 16.9. The smallest absolute Gasteiger partial charge is 0.251 e. The summed E-state index contributed by atoms with van der Waals surface area (Å²) in [6.45, 7) is 3.59. The van der Waals surface area contributed by atoms with E-state index in [-0.39, 0.29) is 16.7 Å². The van der Waals surface area contributed by atoms with E-state index in [4.69, 9.17) is 0 Å². The largest absolute Gasteiger partial charge is 0.391 e. The predicted octanol–water partition coefficient (Wildman–Crippen LogP) is -0.705. The molecule has 2 unspecified atom stereocenters. The maximum atomic E-state index is 12.0. The summed E-state index contributed by atoms with van der Waals surface area (Å²) in [5.41, 5.74) is 0.385. The quantitative estimate of drug-likeness (QED) is 0.552. The van der Waals surface area contributed by atoms with Crippen LogP contribution in [0.15, 0.2) is 29.2 Å². The lowest BCUT2D eigenvalue weighted by atomic mass is 10.1. The zero-order valence-electron chi connectivity index (χ0n) is 12.4. The van der Waals surface area contributed by atoms with E-state index in [1.165, 1.54) is 24.3 Å². The first-order valence-corrected chi connectivity index (χ1v) is 8.69. The summed E-state index contributed by atoms with van der Waals surface area (Å²) < 4.78 is 26.0. The topological polar surface area (TPSA) is 108 Å². The molecule has 7 nitrogen and oxygen atoms in total. The van der Waals surface area contributed by atoms with Crippen molar-refractivity contribution < 1.29 is 18.3 Å². The highest BCUT2D eigenvalue weighted by atomic mass is 32.2. The van der Waals surface area contributed by atoms with E-state index in [0.717, 1.165) is 0 Å². The Morgan fingerprint density at radius 1 is 1.32 bits per heavy atom. The normalized spacial score (nSPS) is 21.7. The van der Waals surface area contributed by atoms with Gasteiger partial charge in [-0.05, 0) is 24.3 Å². The van der Waals surface area contributed by atoms with Gasteiger partial charge < -0.3 is 15.7 Å². The van der Waals surface area contributed by atoms with Crippen molar-refractivity contribution in [3.05, 3.63) is 29.8 Å². The van der Waals surface area contributed by atoms with Crippen LogP contribution in [-0.2, 0) is 10.0 Å². The first-order chi connectivity index (χ1) is 10.4. The number of carbonyl (C=O) groups excluding carboxylic acids is 1. The highest BCUT2D eigenvalue weighted by Crippen LogP contribution is 2.11. The van der Waals surface area contributed by atoms with Crippen LogP contribution >= 0.6 is 0 Å². The minimum absolute atomic E-state index is 0.00245. The number of amides is 1. The van der Waals surface area contributed by atoms with Gasteiger partial charge in [-0.1, -0.05) is 6.92 Å². The Labute approximate surface area is 130 Å². The van der Waals surface area contributed by atoms with Crippen LogP contribution in [0.2, 0.25) is 0 Å². The van der Waals surface area contributed by atoms with Gasteiger partial charge in [0.05, 0.1) is 11.0 Å². The van der Waals surface area contributed by atoms with Crippen molar-refractivity contribution in [3.8, 4) is 0 Å². The molecular weight excluding hydrogens is 306 g/mol. The number of nitrogens with one attached hydrogen (secondary N) is 3. The van der Waals surface area contributed by atoms with Crippen molar-refractivity contribution in [3.63, 3.8) is 0 Å². The van der Waals surface area contributed by atoms with E-state index in [9.17, 15) is 18.3 Å². The highest BCUT2D eigenvalue weighted by Gasteiger charge is 2.25. The van der Waals surface area contributed by atoms with E-state index >= 15 is 0 Å². The molecule has 0 spiro atoms. The molecule has 122 valence electrons. The van der Waals surface area contributed by atoms with E-state index in [1.807, 2.05) is 0 Å². The average molecular weight is 327 g/mol. The molecule has 1 amide bonds. The Morgan fingerprint density at radius 3 is 2.55 bits per heavy atom. The molecule has 0 bridgehead atoms. The molecule has 8 heteroatoms. The first-order valence-electron chi connectivity index (χ1n) is 7.20. The fraction of sp³-hybridized carbons (Fsp3) is 0.500. The molecule has 0 radical (unpaired) electrons. The van der Waals surface area contributed by atoms with Gasteiger partial charge in [0.25, 0.3) is 5.91 Å². The summed E-state index contributed by atoms with van der Waals surface area (Å²) >= 11 is 0. The second-order valence-corrected chi connectivity index (χ2v) is 6.99. The van der Waals surface area contributed by atoms with Gasteiger partial charge in [0, 0.05) is 37.7 Å². The van der Waals surface area contributed by atoms with E-state index < -0.39 is 16.1 Å². The number of benzene rings is 1. The molecule has 1 saturated heterocycles. The Morgan fingerprint density at radius 2 is 2.00 bits per heavy atom. The van der Waals surface area contributed by atoms with Crippen LogP contribution < -0.4 is 15.4 Å². The second-order valence-electron chi connectivity index (χ2n) is 5.22. The molecule has 1 fully saturated rings. The van der Waals surface area contributed by atoms with E-state index in [0.29, 0.717) is 31.7 Å². The Kier molecular flexibility index (Phi) is 5.52. The van der Waals surface area contributed by atoms with Crippen LogP contribution in [0.3, 0.4) is 0 Å². The monoisotopic (exact) mass is 327 g/mol. The standard InChI is InChI=1S/C14H21N3O4S/c1-2-17-22(20,21)12-5-3-10(4-6-12)14(19)16-8-11-7-15-9-13(11)18/h3-6,11,13,15,17-18H,2,7-9H2,1H3,(H,16,19). The lowest BCUT2D eigenvalue weighted by Crippen LogP contribution is -2.34. The van der Waals surface area contributed by atoms with Gasteiger partial charge in [0.2, 0.25) is 10.0 Å². The molecule has 1 aliphatic rings. The Hall–Kier alpha value is -1.48. The van der Waals surface area contributed by atoms with Crippen molar-refractivity contribution in [2.24, 2.45) is 5.92 Å². The fourth-order valence-electron chi connectivity index (χ4n) is 2.31. The van der Waals surface area contributed by atoms with E-state index in [1.54, 1.807) is 6.92 Å². The summed E-state index contributed by atoms with van der Waals surface area (Å²) in [6, 6.07) is 5.75. The fourth-order valence-corrected chi connectivity index (χ4v) is 3.35. The van der Waals surface area contributed by atoms with Gasteiger partial charge in [-0.2, -0.15) is 0 Å². The van der Waals surface area contributed by atoms with Gasteiger partial charge in [0.1, 0.15) is 0 Å². The minimum atomic E-state index is -3.51. The zero-order chi connectivity index (χ0) is 16.2. The number of β-amino-alcohol motifs (C(OH)–C–C–N with tert-alkyl or cyclic N) is 1. The van der Waals surface area contributed by atoms with Crippen LogP contribution in [0, 0.1) is 5.92 Å². The number of rotatable bonds is 6. The second kappa shape index (κ2) is 7.19. The van der Waals surface area contributed by atoms with Crippen LogP contribution in [0.5, 0.6) is 0 Å². The van der Waals surface area contributed by atoms with Crippen molar-refractivity contribution in [2.75, 3.05) is 26.2 Å². The maximum absolute atomic E-state index is 12.0. The summed E-state index contributed by atoms with van der Waals surface area (Å²) in [6.07, 6.45) is -0.451. The van der Waals surface area contributed by atoms with Gasteiger partial charge in [-0.15, -0.1) is 0 Å². The Bertz CT molecular complexity index is 615. The lowest BCUT2D eigenvalue weighted by molar-refractivity contribution is 0.0927. The predicted molar refractivity (Wildman–Crippen MR) is 82.0 cm³/mol. The van der Waals surface area contributed by atoms with Crippen molar-refractivity contribution in [1.29, 1.82) is 0 Å². The third-order valence-electron chi connectivity index (χ3n) is 3.59. The summed E-state index contributed by atoms with van der Waals surface area (Å²) in [7, 11) is -3.51. The highest BCUT2D eigenvalue weighted by molar-refractivity contribution is 7.89. The van der Waals surface area contributed by atoms with Gasteiger partial charge >= 0.3 is 0 Å².